The number of aliphatic hydroxyl groups is 1. The molecule has 0 aliphatic heterocycles. The second kappa shape index (κ2) is 5.00. The van der Waals surface area contributed by atoms with E-state index in [4.69, 9.17) is 0 Å². The van der Waals surface area contributed by atoms with Gasteiger partial charge in [-0.2, -0.15) is 18.3 Å². The Kier molecular flexibility index (Phi) is 3.57. The van der Waals surface area contributed by atoms with Crippen molar-refractivity contribution in [2.45, 2.75) is 18.8 Å². The van der Waals surface area contributed by atoms with E-state index >= 15 is 0 Å². The summed E-state index contributed by atoms with van der Waals surface area (Å²) < 4.78 is 51.3. The van der Waals surface area contributed by atoms with E-state index in [1.54, 1.807) is 0 Å². The first kappa shape index (κ1) is 13.5. The maximum atomic E-state index is 13.4. The van der Waals surface area contributed by atoms with Gasteiger partial charge in [-0.25, -0.2) is 4.39 Å². The molecule has 7 heteroatoms. The van der Waals surface area contributed by atoms with Crippen molar-refractivity contribution in [3.63, 3.8) is 0 Å². The van der Waals surface area contributed by atoms with E-state index in [-0.39, 0.29) is 12.1 Å². The average Bonchev–Trinajstić information content (AvgIpc) is 2.77. The third-order valence-corrected chi connectivity index (χ3v) is 2.56. The monoisotopic (exact) mass is 274 g/mol. The molecule has 0 spiro atoms. The maximum absolute atomic E-state index is 13.4. The lowest BCUT2D eigenvalue weighted by molar-refractivity contribution is -0.141. The van der Waals surface area contributed by atoms with Gasteiger partial charge >= 0.3 is 6.18 Å². The van der Waals surface area contributed by atoms with E-state index in [2.05, 4.69) is 5.10 Å². The van der Waals surface area contributed by atoms with E-state index in [0.717, 1.165) is 16.9 Å². The molecule has 3 nitrogen and oxygen atoms in total. The van der Waals surface area contributed by atoms with E-state index in [1.165, 1.54) is 24.3 Å². The largest absolute Gasteiger partial charge is 0.435 e. The molecular weight excluding hydrogens is 264 g/mol. The molecule has 0 fully saturated rings. The second-order valence-electron chi connectivity index (χ2n) is 3.96. The van der Waals surface area contributed by atoms with Crippen molar-refractivity contribution >= 4 is 0 Å². The molecule has 0 bridgehead atoms. The van der Waals surface area contributed by atoms with Gasteiger partial charge in [-0.15, -0.1) is 0 Å². The lowest BCUT2D eigenvalue weighted by atomic mass is 10.1. The summed E-state index contributed by atoms with van der Waals surface area (Å²) in [7, 11) is 0. The van der Waals surface area contributed by atoms with Gasteiger partial charge in [0.1, 0.15) is 11.9 Å². The van der Waals surface area contributed by atoms with E-state index in [0.29, 0.717) is 0 Å². The van der Waals surface area contributed by atoms with Crippen LogP contribution in [0.3, 0.4) is 0 Å². The summed E-state index contributed by atoms with van der Waals surface area (Å²) in [6.45, 7) is -0.253. The van der Waals surface area contributed by atoms with Gasteiger partial charge in [0.15, 0.2) is 5.69 Å². The molecule has 0 aliphatic carbocycles. The smallest absolute Gasteiger partial charge is 0.386 e. The molecule has 102 valence electrons. The normalized spacial score (nSPS) is 13.5. The number of aliphatic hydroxyl groups excluding tert-OH is 1. The van der Waals surface area contributed by atoms with Gasteiger partial charge in [-0.3, -0.25) is 4.68 Å². The van der Waals surface area contributed by atoms with Gasteiger partial charge in [0.2, 0.25) is 0 Å². The van der Waals surface area contributed by atoms with Gasteiger partial charge in [-0.1, -0.05) is 18.2 Å². The van der Waals surface area contributed by atoms with Crippen molar-refractivity contribution in [2.75, 3.05) is 0 Å². The Morgan fingerprint density at radius 1 is 1.21 bits per heavy atom. The lowest BCUT2D eigenvalue weighted by Crippen LogP contribution is -2.13. The summed E-state index contributed by atoms with van der Waals surface area (Å²) in [5.74, 6) is -0.613. The van der Waals surface area contributed by atoms with Crippen LogP contribution in [0.4, 0.5) is 17.6 Å². The van der Waals surface area contributed by atoms with Crippen molar-refractivity contribution < 1.29 is 22.7 Å². The van der Waals surface area contributed by atoms with Crippen LogP contribution in [-0.4, -0.2) is 14.9 Å². The number of aromatic nitrogens is 2. The van der Waals surface area contributed by atoms with E-state index < -0.39 is 23.8 Å². The highest BCUT2D eigenvalue weighted by Gasteiger charge is 2.33. The van der Waals surface area contributed by atoms with Crippen LogP contribution in [0.25, 0.3) is 0 Å². The van der Waals surface area contributed by atoms with Gasteiger partial charge in [-0.05, 0) is 12.1 Å². The summed E-state index contributed by atoms with van der Waals surface area (Å²) in [5.41, 5.74) is -1.03. The minimum atomic E-state index is -4.53. The first-order valence-electron chi connectivity index (χ1n) is 5.41. The van der Waals surface area contributed by atoms with Crippen molar-refractivity contribution in [1.82, 2.24) is 9.78 Å². The Bertz CT molecular complexity index is 565. The highest BCUT2D eigenvalue weighted by molar-refractivity contribution is 5.19. The quantitative estimate of drug-likeness (QED) is 0.874. The van der Waals surface area contributed by atoms with Crippen LogP contribution < -0.4 is 0 Å². The molecule has 0 amide bonds. The summed E-state index contributed by atoms with van der Waals surface area (Å²) in [5, 5.41) is 13.1. The van der Waals surface area contributed by atoms with Crippen molar-refractivity contribution in [3.8, 4) is 0 Å². The lowest BCUT2D eigenvalue weighted by Gasteiger charge is -2.12. The predicted octanol–water partition coefficient (Wildman–Crippen LogP) is 2.77. The molecule has 0 aliphatic rings. The molecule has 2 aromatic rings. The predicted molar refractivity (Wildman–Crippen MR) is 58.6 cm³/mol. The minimum absolute atomic E-state index is 0.0200. The molecule has 0 saturated heterocycles. The first-order valence-corrected chi connectivity index (χ1v) is 5.41. The molecular formula is C12H10F4N2O. The molecule has 1 aromatic carbocycles. The fourth-order valence-electron chi connectivity index (χ4n) is 1.64. The summed E-state index contributed by atoms with van der Waals surface area (Å²) in [4.78, 5) is 0. The SMILES string of the molecule is OC(Cn1ccc(C(F)(F)F)n1)c1ccccc1F. The van der Waals surface area contributed by atoms with Crippen LogP contribution >= 0.6 is 0 Å². The van der Waals surface area contributed by atoms with Gasteiger partial charge in [0, 0.05) is 11.8 Å². The number of alkyl halides is 3. The molecule has 1 atom stereocenters. The summed E-state index contributed by atoms with van der Waals surface area (Å²) in [6.07, 6.45) is -4.71. The third kappa shape index (κ3) is 3.11. The molecule has 1 N–H and O–H groups in total. The molecule has 0 radical (unpaired) electrons. The van der Waals surface area contributed by atoms with Crippen LogP contribution in [0, 0.1) is 5.82 Å². The molecule has 1 unspecified atom stereocenters. The summed E-state index contributed by atoms with van der Waals surface area (Å²) in [6, 6.07) is 6.33. The van der Waals surface area contributed by atoms with Gasteiger partial charge in [0.05, 0.1) is 6.54 Å². The number of nitrogens with zero attached hydrogens (tertiary/aromatic N) is 2. The zero-order chi connectivity index (χ0) is 14.0. The van der Waals surface area contributed by atoms with E-state index in [1.807, 2.05) is 0 Å². The number of hydrogen-bond acceptors (Lipinski definition) is 2. The Labute approximate surface area is 106 Å². The number of rotatable bonds is 3. The van der Waals surface area contributed by atoms with E-state index in [9.17, 15) is 22.7 Å². The highest BCUT2D eigenvalue weighted by Crippen LogP contribution is 2.27. The van der Waals surface area contributed by atoms with Gasteiger partial charge < -0.3 is 5.11 Å². The van der Waals surface area contributed by atoms with Crippen LogP contribution in [0.2, 0.25) is 0 Å². The number of benzene rings is 1. The molecule has 19 heavy (non-hydrogen) atoms. The average molecular weight is 274 g/mol. The number of halogens is 4. The standard InChI is InChI=1S/C12H10F4N2O/c13-9-4-2-1-3-8(9)10(19)7-18-6-5-11(17-18)12(14,15)16/h1-6,10,19H,7H2. The van der Waals surface area contributed by atoms with Crippen LogP contribution in [0.15, 0.2) is 36.5 Å². The minimum Gasteiger partial charge on any atom is -0.386 e. The van der Waals surface area contributed by atoms with Crippen LogP contribution in [0.1, 0.15) is 17.4 Å². The fourth-order valence-corrected chi connectivity index (χ4v) is 1.64. The Hall–Kier alpha value is -1.89. The Morgan fingerprint density at radius 2 is 1.89 bits per heavy atom. The third-order valence-electron chi connectivity index (χ3n) is 2.56. The zero-order valence-electron chi connectivity index (χ0n) is 9.60. The van der Waals surface area contributed by atoms with Crippen LogP contribution in [-0.2, 0) is 12.7 Å². The van der Waals surface area contributed by atoms with Crippen molar-refractivity contribution in [1.29, 1.82) is 0 Å². The molecule has 1 heterocycles. The second-order valence-corrected chi connectivity index (χ2v) is 3.96. The molecule has 2 rings (SSSR count). The Balaban J connectivity index is 2.14. The fraction of sp³-hybridized carbons (Fsp3) is 0.250. The highest BCUT2D eigenvalue weighted by atomic mass is 19.4. The summed E-state index contributed by atoms with van der Waals surface area (Å²) >= 11 is 0. The van der Waals surface area contributed by atoms with Crippen molar-refractivity contribution in [3.05, 3.63) is 53.6 Å². The van der Waals surface area contributed by atoms with Gasteiger partial charge in [0.25, 0.3) is 0 Å². The van der Waals surface area contributed by atoms with Crippen LogP contribution in [0.5, 0.6) is 0 Å². The van der Waals surface area contributed by atoms with Crippen molar-refractivity contribution in [2.24, 2.45) is 0 Å². The zero-order valence-corrected chi connectivity index (χ0v) is 9.60. The Morgan fingerprint density at radius 3 is 2.47 bits per heavy atom. The topological polar surface area (TPSA) is 38.0 Å². The number of hydrogen-bond donors (Lipinski definition) is 1. The first-order chi connectivity index (χ1) is 8.88. The molecule has 1 aromatic heterocycles. The maximum Gasteiger partial charge on any atom is 0.435 e. The molecule has 0 saturated carbocycles.